The molecule has 0 radical (unpaired) electrons. The van der Waals surface area contributed by atoms with Crippen LogP contribution in [0.2, 0.25) is 0 Å². The van der Waals surface area contributed by atoms with E-state index in [4.69, 9.17) is 0 Å². The number of anilines is 1. The second-order valence-corrected chi connectivity index (χ2v) is 12.0. The third kappa shape index (κ3) is 3.65. The maximum atomic E-state index is 13.9. The molecule has 0 unspecified atom stereocenters. The molecule has 0 bridgehead atoms. The van der Waals surface area contributed by atoms with Gasteiger partial charge in [-0.2, -0.15) is 0 Å². The highest BCUT2D eigenvalue weighted by Crippen LogP contribution is 2.53. The fourth-order valence-corrected chi connectivity index (χ4v) is 7.49. The van der Waals surface area contributed by atoms with Gasteiger partial charge in [0, 0.05) is 37.7 Å². The minimum absolute atomic E-state index is 0.0829. The second-order valence-electron chi connectivity index (χ2n) is 12.0. The summed E-state index contributed by atoms with van der Waals surface area (Å²) in [7, 11) is 3.77. The zero-order chi connectivity index (χ0) is 28.7. The maximum absolute atomic E-state index is 13.9. The van der Waals surface area contributed by atoms with Crippen LogP contribution in [0.25, 0.3) is 5.76 Å². The Kier molecular flexibility index (Phi) is 5.96. The molecular weight excluding hydrogens is 510 g/mol. The topological polar surface area (TPSA) is 135 Å². The van der Waals surface area contributed by atoms with Crippen molar-refractivity contribution < 1.29 is 34.8 Å². The fourth-order valence-electron chi connectivity index (χ4n) is 7.49. The van der Waals surface area contributed by atoms with Crippen LogP contribution in [0.5, 0.6) is 5.75 Å². The first-order valence-corrected chi connectivity index (χ1v) is 13.7. The summed E-state index contributed by atoms with van der Waals surface area (Å²) in [6, 6.07) is 10.2. The summed E-state index contributed by atoms with van der Waals surface area (Å²) in [5, 5.41) is 45.5. The summed E-state index contributed by atoms with van der Waals surface area (Å²) in [5.74, 6) is -4.91. The zero-order valence-electron chi connectivity index (χ0n) is 22.8. The number of phenolic OH excluding ortho intramolecular Hbond substituents is 1. The number of aromatic hydroxyl groups is 1. The van der Waals surface area contributed by atoms with Gasteiger partial charge in [0.2, 0.25) is 5.78 Å². The molecule has 0 heterocycles. The fraction of sp³-hybridized carbons (Fsp3) is 0.406. The van der Waals surface area contributed by atoms with Gasteiger partial charge in [0.05, 0.1) is 5.56 Å². The number of rotatable bonds is 4. The summed E-state index contributed by atoms with van der Waals surface area (Å²) in [5.41, 5.74) is 1.79. The van der Waals surface area contributed by atoms with E-state index in [0.717, 1.165) is 25.5 Å². The first kappa shape index (κ1) is 26.3. The third-order valence-corrected chi connectivity index (χ3v) is 9.35. The van der Waals surface area contributed by atoms with Gasteiger partial charge in [-0.1, -0.05) is 24.3 Å². The van der Waals surface area contributed by atoms with Crippen molar-refractivity contribution in [1.29, 1.82) is 0 Å². The van der Waals surface area contributed by atoms with Crippen LogP contribution < -0.4 is 4.90 Å². The van der Waals surface area contributed by atoms with Gasteiger partial charge in [-0.15, -0.1) is 0 Å². The molecular formula is C32H33NO7. The van der Waals surface area contributed by atoms with Crippen LogP contribution in [0.3, 0.4) is 0 Å². The lowest BCUT2D eigenvalue weighted by Crippen LogP contribution is -2.57. The summed E-state index contributed by atoms with van der Waals surface area (Å²) < 4.78 is 0. The highest BCUT2D eigenvalue weighted by atomic mass is 16.3. The van der Waals surface area contributed by atoms with Gasteiger partial charge < -0.3 is 25.3 Å². The minimum Gasteiger partial charge on any atom is -0.508 e. The van der Waals surface area contributed by atoms with E-state index >= 15 is 0 Å². The zero-order valence-corrected chi connectivity index (χ0v) is 22.8. The molecule has 4 N–H and O–H groups in total. The number of hydrogen-bond donors (Lipinski definition) is 4. The van der Waals surface area contributed by atoms with Crippen molar-refractivity contribution in [2.24, 2.45) is 17.8 Å². The molecule has 0 amide bonds. The van der Waals surface area contributed by atoms with Crippen molar-refractivity contribution in [3.63, 3.8) is 0 Å². The Balaban J connectivity index is 1.46. The Morgan fingerprint density at radius 3 is 2.27 bits per heavy atom. The smallest absolute Gasteiger partial charge is 0.202 e. The number of aliphatic hydroxyl groups is 3. The van der Waals surface area contributed by atoms with Crippen molar-refractivity contribution in [3.05, 3.63) is 75.1 Å². The van der Waals surface area contributed by atoms with Crippen LogP contribution in [0.4, 0.5) is 5.69 Å². The highest BCUT2D eigenvalue weighted by Gasteiger charge is 2.60. The Labute approximate surface area is 232 Å². The number of fused-ring (bicyclic) bond motifs is 4. The predicted molar refractivity (Wildman–Crippen MR) is 148 cm³/mol. The van der Waals surface area contributed by atoms with E-state index in [-0.39, 0.29) is 35.6 Å². The van der Waals surface area contributed by atoms with E-state index in [2.05, 4.69) is 12.1 Å². The molecule has 4 aliphatic rings. The van der Waals surface area contributed by atoms with E-state index in [0.29, 0.717) is 24.0 Å². The number of nitrogens with zero attached hydrogens (tertiary/aromatic N) is 1. The number of allylic oxidation sites excluding steroid dienone is 1. The van der Waals surface area contributed by atoms with Crippen molar-refractivity contribution in [2.45, 2.75) is 51.0 Å². The molecule has 3 atom stereocenters. The number of phenols is 1. The normalized spacial score (nSPS) is 25.9. The number of benzene rings is 2. The molecule has 6 rings (SSSR count). The van der Waals surface area contributed by atoms with Crippen LogP contribution in [0.1, 0.15) is 47.6 Å². The molecule has 1 saturated carbocycles. The Hall–Kier alpha value is -3.91. The quantitative estimate of drug-likeness (QED) is 0.430. The summed E-state index contributed by atoms with van der Waals surface area (Å²) >= 11 is 0. The molecule has 2 aromatic carbocycles. The SMILES string of the molecule is CC(=O)C1=C(O)[C@@]2(O)C(=O)C3=C(O)c4c(O)c(CC5Cc6ccccc6C5)cc(N(C)C)c4C[C@H]3C[C@H]2CC1=O. The van der Waals surface area contributed by atoms with Gasteiger partial charge in [-0.25, -0.2) is 0 Å². The predicted octanol–water partition coefficient (Wildman–Crippen LogP) is 3.55. The van der Waals surface area contributed by atoms with Crippen molar-refractivity contribution >= 4 is 28.8 Å². The first-order chi connectivity index (χ1) is 18.9. The molecule has 0 spiro atoms. The second kappa shape index (κ2) is 9.06. The van der Waals surface area contributed by atoms with Gasteiger partial charge >= 0.3 is 0 Å². The monoisotopic (exact) mass is 543 g/mol. The molecule has 0 saturated heterocycles. The van der Waals surface area contributed by atoms with Gasteiger partial charge in [0.1, 0.15) is 22.8 Å². The average Bonchev–Trinajstić information content (AvgIpc) is 3.30. The molecule has 4 aliphatic carbocycles. The number of carbonyl (C=O) groups is 3. The molecule has 0 aliphatic heterocycles. The van der Waals surface area contributed by atoms with Crippen LogP contribution in [0, 0.1) is 17.8 Å². The van der Waals surface area contributed by atoms with Gasteiger partial charge in [-0.05, 0) is 79.2 Å². The van der Waals surface area contributed by atoms with Crippen molar-refractivity contribution in [1.82, 2.24) is 0 Å². The Bertz CT molecular complexity index is 1540. The third-order valence-electron chi connectivity index (χ3n) is 9.35. The van der Waals surface area contributed by atoms with Gasteiger partial charge in [0.25, 0.3) is 0 Å². The lowest BCUT2D eigenvalue weighted by molar-refractivity contribution is -0.147. The molecule has 40 heavy (non-hydrogen) atoms. The minimum atomic E-state index is -2.49. The Morgan fingerprint density at radius 1 is 1.02 bits per heavy atom. The summed E-state index contributed by atoms with van der Waals surface area (Å²) in [4.78, 5) is 40.5. The van der Waals surface area contributed by atoms with E-state index in [1.54, 1.807) is 0 Å². The summed E-state index contributed by atoms with van der Waals surface area (Å²) in [6.45, 7) is 1.10. The standard InChI is InChI=1S/C32H33NO7/c1-15(34)25-24(35)14-21-11-19-12-22-23(33(2)3)13-20(10-16-8-17-6-4-5-7-18(17)9-16)28(36)27(22)29(37)26(19)31(39)32(21,40)30(25)38/h4-7,13,16,19,21,36-38,40H,8-12,14H2,1-3H3/t19-,21+,32-/m1/s1. The number of carbonyl (C=O) groups excluding carboxylic acids is 3. The molecule has 8 nitrogen and oxygen atoms in total. The van der Waals surface area contributed by atoms with Gasteiger partial charge in [0.15, 0.2) is 17.2 Å². The lowest BCUT2D eigenvalue weighted by Gasteiger charge is -2.46. The molecule has 2 aromatic rings. The van der Waals surface area contributed by atoms with E-state index in [9.17, 15) is 34.8 Å². The first-order valence-electron chi connectivity index (χ1n) is 13.7. The lowest BCUT2D eigenvalue weighted by atomic mass is 9.59. The van der Waals surface area contributed by atoms with Crippen LogP contribution in [-0.2, 0) is 40.1 Å². The molecule has 0 aromatic heterocycles. The van der Waals surface area contributed by atoms with E-state index in [1.165, 1.54) is 11.1 Å². The number of Topliss-reactive ketones (excluding diaryl/α,β-unsaturated/α-hetero) is 3. The van der Waals surface area contributed by atoms with Crippen molar-refractivity contribution in [2.75, 3.05) is 19.0 Å². The van der Waals surface area contributed by atoms with E-state index < -0.39 is 51.9 Å². The van der Waals surface area contributed by atoms with Crippen LogP contribution in [-0.4, -0.2) is 57.5 Å². The number of hydrogen-bond acceptors (Lipinski definition) is 8. The Morgan fingerprint density at radius 2 is 1.68 bits per heavy atom. The van der Waals surface area contributed by atoms with Crippen LogP contribution in [0.15, 0.2) is 47.2 Å². The molecule has 208 valence electrons. The highest BCUT2D eigenvalue weighted by molar-refractivity contribution is 6.23. The molecule has 8 heteroatoms. The van der Waals surface area contributed by atoms with Gasteiger partial charge in [-0.3, -0.25) is 14.4 Å². The van der Waals surface area contributed by atoms with Crippen molar-refractivity contribution in [3.8, 4) is 5.75 Å². The molecule has 1 fully saturated rings. The van der Waals surface area contributed by atoms with E-state index in [1.807, 2.05) is 37.2 Å². The average molecular weight is 544 g/mol. The number of aliphatic hydroxyl groups excluding tert-OH is 2. The van der Waals surface area contributed by atoms with Crippen LogP contribution >= 0.6 is 0 Å². The number of ketones is 3. The largest absolute Gasteiger partial charge is 0.508 e. The maximum Gasteiger partial charge on any atom is 0.202 e. The summed E-state index contributed by atoms with van der Waals surface area (Å²) in [6.07, 6.45) is 2.55.